The number of furan rings is 1. The molecule has 2 aromatic rings. The predicted octanol–water partition coefficient (Wildman–Crippen LogP) is 3.74. The quantitative estimate of drug-likeness (QED) is 0.877. The van der Waals surface area contributed by atoms with Crippen molar-refractivity contribution in [2.24, 2.45) is 10.7 Å². The van der Waals surface area contributed by atoms with Crippen LogP contribution < -0.4 is 5.73 Å². The van der Waals surface area contributed by atoms with Gasteiger partial charge < -0.3 is 10.2 Å². The molecule has 2 heterocycles. The fraction of sp³-hybridized carbons (Fsp3) is 0.0769. The molecule has 0 radical (unpaired) electrons. The highest BCUT2D eigenvalue weighted by molar-refractivity contribution is 7.11. The average molecular weight is 311 g/mol. The first-order valence-electron chi connectivity index (χ1n) is 5.55. The zero-order chi connectivity index (χ0) is 15.5. The Bertz CT molecular complexity index is 721. The smallest absolute Gasteiger partial charge is 0.430 e. The predicted molar refractivity (Wildman–Crippen MR) is 72.3 cm³/mol. The van der Waals surface area contributed by atoms with Crippen molar-refractivity contribution in [3.05, 3.63) is 52.3 Å². The number of halogens is 3. The Morgan fingerprint density at radius 3 is 2.76 bits per heavy atom. The first kappa shape index (κ1) is 14.9. The van der Waals surface area contributed by atoms with Crippen LogP contribution in [0, 0.1) is 11.3 Å². The van der Waals surface area contributed by atoms with Gasteiger partial charge >= 0.3 is 6.18 Å². The summed E-state index contributed by atoms with van der Waals surface area (Å²) in [4.78, 5) is 4.45. The third-order valence-corrected chi connectivity index (χ3v) is 3.16. The highest BCUT2D eigenvalue weighted by Gasteiger charge is 2.32. The lowest BCUT2D eigenvalue weighted by atomic mass is 10.2. The SMILES string of the molecule is N#Cc1cc(N=C(/C=C(\N)C(F)(F)F)c2ccco2)cs1. The Kier molecular flexibility index (Phi) is 4.14. The maximum atomic E-state index is 12.5. The molecule has 0 aromatic carbocycles. The maximum Gasteiger partial charge on any atom is 0.430 e. The second-order valence-corrected chi connectivity index (χ2v) is 4.76. The zero-order valence-electron chi connectivity index (χ0n) is 10.4. The van der Waals surface area contributed by atoms with Crippen LogP contribution in [0.2, 0.25) is 0 Å². The van der Waals surface area contributed by atoms with Crippen LogP contribution in [0.25, 0.3) is 0 Å². The Balaban J connectivity index is 2.45. The summed E-state index contributed by atoms with van der Waals surface area (Å²) in [6.45, 7) is 0. The minimum absolute atomic E-state index is 0.0721. The Morgan fingerprint density at radius 2 is 2.24 bits per heavy atom. The van der Waals surface area contributed by atoms with Gasteiger partial charge in [0.1, 0.15) is 22.4 Å². The average Bonchev–Trinajstić information content (AvgIpc) is 3.07. The normalized spacial score (nSPS) is 13.2. The van der Waals surface area contributed by atoms with E-state index < -0.39 is 11.9 Å². The molecular formula is C13H8F3N3OS. The molecule has 8 heteroatoms. The molecule has 108 valence electrons. The fourth-order valence-electron chi connectivity index (χ4n) is 1.39. The van der Waals surface area contributed by atoms with Crippen LogP contribution in [0.5, 0.6) is 0 Å². The number of thiophene rings is 1. The van der Waals surface area contributed by atoms with Crippen LogP contribution in [-0.4, -0.2) is 11.9 Å². The molecule has 4 nitrogen and oxygen atoms in total. The number of alkyl halides is 3. The molecule has 2 rings (SSSR count). The third kappa shape index (κ3) is 3.73. The summed E-state index contributed by atoms with van der Waals surface area (Å²) < 4.78 is 42.6. The van der Waals surface area contributed by atoms with Crippen LogP contribution in [0.1, 0.15) is 10.6 Å². The van der Waals surface area contributed by atoms with E-state index in [1.807, 2.05) is 6.07 Å². The van der Waals surface area contributed by atoms with E-state index in [0.717, 1.165) is 11.3 Å². The molecule has 0 atom stereocenters. The van der Waals surface area contributed by atoms with Gasteiger partial charge in [0, 0.05) is 5.38 Å². The monoisotopic (exact) mass is 311 g/mol. The van der Waals surface area contributed by atoms with Gasteiger partial charge in [-0.15, -0.1) is 11.3 Å². The summed E-state index contributed by atoms with van der Waals surface area (Å²) in [5, 5.41) is 10.3. The van der Waals surface area contributed by atoms with Crippen molar-refractivity contribution in [1.82, 2.24) is 0 Å². The number of nitriles is 1. The van der Waals surface area contributed by atoms with Crippen molar-refractivity contribution in [1.29, 1.82) is 5.26 Å². The lowest BCUT2D eigenvalue weighted by Crippen LogP contribution is -2.20. The van der Waals surface area contributed by atoms with E-state index >= 15 is 0 Å². The van der Waals surface area contributed by atoms with E-state index in [9.17, 15) is 13.2 Å². The maximum absolute atomic E-state index is 12.5. The highest BCUT2D eigenvalue weighted by atomic mass is 32.1. The molecule has 0 aliphatic heterocycles. The number of hydrogen-bond donors (Lipinski definition) is 1. The van der Waals surface area contributed by atoms with Gasteiger partial charge in [-0.25, -0.2) is 4.99 Å². The zero-order valence-corrected chi connectivity index (χ0v) is 11.2. The Labute approximate surface area is 121 Å². The van der Waals surface area contributed by atoms with E-state index in [2.05, 4.69) is 4.99 Å². The molecule has 0 amide bonds. The van der Waals surface area contributed by atoms with Crippen molar-refractivity contribution in [2.45, 2.75) is 6.18 Å². The second-order valence-electron chi connectivity index (χ2n) is 3.85. The number of allylic oxidation sites excluding steroid dienone is 2. The third-order valence-electron chi connectivity index (χ3n) is 2.34. The summed E-state index contributed by atoms with van der Waals surface area (Å²) in [6.07, 6.45) is -2.64. The number of nitrogens with zero attached hydrogens (tertiary/aromatic N) is 2. The van der Waals surface area contributed by atoms with Gasteiger partial charge in [-0.2, -0.15) is 18.4 Å². The van der Waals surface area contributed by atoms with Crippen LogP contribution in [0.4, 0.5) is 18.9 Å². The first-order chi connectivity index (χ1) is 9.90. The van der Waals surface area contributed by atoms with Crippen LogP contribution in [0.3, 0.4) is 0 Å². The Morgan fingerprint density at radius 1 is 1.48 bits per heavy atom. The lowest BCUT2D eigenvalue weighted by molar-refractivity contribution is -0.0925. The van der Waals surface area contributed by atoms with Crippen LogP contribution >= 0.6 is 11.3 Å². The van der Waals surface area contributed by atoms with Crippen molar-refractivity contribution in [3.8, 4) is 6.07 Å². The van der Waals surface area contributed by atoms with Gasteiger partial charge in [-0.05, 0) is 24.3 Å². The fourth-order valence-corrected chi connectivity index (χ4v) is 2.00. The van der Waals surface area contributed by atoms with Crippen molar-refractivity contribution in [3.63, 3.8) is 0 Å². The summed E-state index contributed by atoms with van der Waals surface area (Å²) in [5.74, 6) is 0.145. The first-order valence-corrected chi connectivity index (χ1v) is 6.43. The highest BCUT2D eigenvalue weighted by Crippen LogP contribution is 2.25. The molecule has 0 bridgehead atoms. The molecule has 0 aliphatic rings. The standard InChI is InChI=1S/C13H8F3N3OS/c14-13(15,16)12(18)5-10(11-2-1-3-20-11)19-8-4-9(6-17)21-7-8/h1-5,7H,18H2/b12-5-,19-10?. The van der Waals surface area contributed by atoms with Gasteiger partial charge in [0.2, 0.25) is 0 Å². The summed E-state index contributed by atoms with van der Waals surface area (Å²) >= 11 is 1.14. The van der Waals surface area contributed by atoms with E-state index in [4.69, 9.17) is 15.4 Å². The molecule has 0 saturated carbocycles. The van der Waals surface area contributed by atoms with Gasteiger partial charge in [0.25, 0.3) is 0 Å². The minimum Gasteiger partial charge on any atom is -0.463 e. The van der Waals surface area contributed by atoms with E-state index in [1.54, 1.807) is 5.38 Å². The second kappa shape index (κ2) is 5.85. The van der Waals surface area contributed by atoms with Gasteiger partial charge in [0.15, 0.2) is 5.76 Å². The topological polar surface area (TPSA) is 75.3 Å². The van der Waals surface area contributed by atoms with Crippen molar-refractivity contribution >= 4 is 22.7 Å². The number of nitrogens with two attached hydrogens (primary N) is 1. The van der Waals surface area contributed by atoms with E-state index in [-0.39, 0.29) is 11.5 Å². The van der Waals surface area contributed by atoms with Crippen LogP contribution in [-0.2, 0) is 0 Å². The minimum atomic E-state index is -4.65. The van der Waals surface area contributed by atoms with E-state index in [0.29, 0.717) is 16.6 Å². The van der Waals surface area contributed by atoms with E-state index in [1.165, 1.54) is 24.5 Å². The molecule has 2 aromatic heterocycles. The molecule has 0 spiro atoms. The largest absolute Gasteiger partial charge is 0.463 e. The molecule has 0 fully saturated rings. The van der Waals surface area contributed by atoms with Crippen molar-refractivity contribution < 1.29 is 17.6 Å². The number of rotatable bonds is 3. The van der Waals surface area contributed by atoms with Gasteiger partial charge in [-0.3, -0.25) is 0 Å². The number of aliphatic imine (C=N–C) groups is 1. The van der Waals surface area contributed by atoms with Crippen LogP contribution in [0.15, 0.2) is 51.0 Å². The molecule has 0 unspecified atom stereocenters. The van der Waals surface area contributed by atoms with Gasteiger partial charge in [0.05, 0.1) is 12.0 Å². The molecular weight excluding hydrogens is 303 g/mol. The van der Waals surface area contributed by atoms with Crippen molar-refractivity contribution in [2.75, 3.05) is 0 Å². The summed E-state index contributed by atoms with van der Waals surface area (Å²) in [5.41, 5.74) is 4.01. The lowest BCUT2D eigenvalue weighted by Gasteiger charge is -2.06. The number of hydrogen-bond acceptors (Lipinski definition) is 5. The molecule has 0 saturated heterocycles. The Hall–Kier alpha value is -2.53. The summed E-state index contributed by atoms with van der Waals surface area (Å²) in [6, 6.07) is 6.38. The van der Waals surface area contributed by atoms with Gasteiger partial charge in [-0.1, -0.05) is 0 Å². The molecule has 2 N–H and O–H groups in total. The molecule has 21 heavy (non-hydrogen) atoms. The summed E-state index contributed by atoms with van der Waals surface area (Å²) in [7, 11) is 0. The molecule has 0 aliphatic carbocycles.